The van der Waals surface area contributed by atoms with Crippen molar-refractivity contribution in [3.8, 4) is 33.4 Å². The smallest absolute Gasteiger partial charge is 0.136 e. The molecule has 0 atom stereocenters. The van der Waals surface area contributed by atoms with E-state index in [1.54, 1.807) is 0 Å². The van der Waals surface area contributed by atoms with Crippen molar-refractivity contribution >= 4 is 76.2 Å². The van der Waals surface area contributed by atoms with Crippen LogP contribution in [0.2, 0.25) is 0 Å². The molecule has 0 unspecified atom stereocenters. The number of fused-ring (bicyclic) bond motifs is 13. The van der Waals surface area contributed by atoms with E-state index in [9.17, 15) is 0 Å². The van der Waals surface area contributed by atoms with E-state index in [0.29, 0.717) is 0 Å². The molecule has 0 saturated heterocycles. The van der Waals surface area contributed by atoms with Gasteiger partial charge in [0.2, 0.25) is 0 Å². The van der Waals surface area contributed by atoms with Crippen molar-refractivity contribution in [2.24, 2.45) is 0 Å². The van der Waals surface area contributed by atoms with E-state index in [-0.39, 0.29) is 0 Å². The highest BCUT2D eigenvalue weighted by Gasteiger charge is 2.47. The molecule has 292 valence electrons. The van der Waals surface area contributed by atoms with E-state index in [4.69, 9.17) is 8.83 Å². The molecule has 2 nitrogen and oxygen atoms in total. The Morgan fingerprint density at radius 2 is 0.698 bits per heavy atom. The molecule has 0 aliphatic heterocycles. The van der Waals surface area contributed by atoms with Crippen molar-refractivity contribution in [3.05, 3.63) is 241 Å². The Morgan fingerprint density at radius 3 is 1.27 bits per heavy atom. The monoisotopic (exact) mass is 800 g/mol. The average molecular weight is 801 g/mol. The molecule has 0 N–H and O–H groups in total. The summed E-state index contributed by atoms with van der Waals surface area (Å²) < 4.78 is 13.2. The molecule has 2 heteroatoms. The van der Waals surface area contributed by atoms with Crippen LogP contribution in [-0.4, -0.2) is 0 Å². The third-order valence-electron chi connectivity index (χ3n) is 13.9. The molecule has 0 saturated carbocycles. The van der Waals surface area contributed by atoms with Gasteiger partial charge in [-0.2, -0.15) is 0 Å². The van der Waals surface area contributed by atoms with Crippen LogP contribution in [0.15, 0.2) is 227 Å². The average Bonchev–Trinajstić information content (AvgIpc) is 3.99. The third-order valence-corrected chi connectivity index (χ3v) is 13.9. The maximum atomic E-state index is 6.59. The van der Waals surface area contributed by atoms with Crippen LogP contribution in [0.25, 0.3) is 110 Å². The highest BCUT2D eigenvalue weighted by atomic mass is 16.3. The van der Waals surface area contributed by atoms with Gasteiger partial charge in [-0.15, -0.1) is 0 Å². The largest absolute Gasteiger partial charge is 0.456 e. The Labute approximate surface area is 362 Å². The maximum absolute atomic E-state index is 6.59. The molecular formula is C61H36O2. The second-order valence-corrected chi connectivity index (χ2v) is 17.2. The lowest BCUT2D eigenvalue weighted by atomic mass is 9.66. The van der Waals surface area contributed by atoms with Gasteiger partial charge in [0, 0.05) is 21.5 Å². The summed E-state index contributed by atoms with van der Waals surface area (Å²) in [5.41, 5.74) is 15.1. The molecule has 11 aromatic carbocycles. The fourth-order valence-corrected chi connectivity index (χ4v) is 11.0. The van der Waals surface area contributed by atoms with Crippen molar-refractivity contribution < 1.29 is 8.83 Å². The first kappa shape index (κ1) is 34.5. The summed E-state index contributed by atoms with van der Waals surface area (Å²) in [7, 11) is 0. The number of furan rings is 2. The van der Waals surface area contributed by atoms with Crippen LogP contribution in [0.1, 0.15) is 22.3 Å². The van der Waals surface area contributed by atoms with Gasteiger partial charge in [0.25, 0.3) is 0 Å². The number of rotatable bonds is 4. The summed E-state index contributed by atoms with van der Waals surface area (Å²) in [5, 5.41) is 11.8. The number of benzene rings is 11. The van der Waals surface area contributed by atoms with E-state index in [2.05, 4.69) is 218 Å². The zero-order valence-corrected chi connectivity index (χ0v) is 34.1. The molecule has 13 aromatic rings. The van der Waals surface area contributed by atoms with Crippen molar-refractivity contribution in [1.29, 1.82) is 0 Å². The van der Waals surface area contributed by atoms with E-state index in [1.165, 1.54) is 65.7 Å². The van der Waals surface area contributed by atoms with Gasteiger partial charge in [0.1, 0.15) is 22.3 Å². The lowest BCUT2D eigenvalue weighted by Crippen LogP contribution is -2.28. The Balaban J connectivity index is 0.981. The van der Waals surface area contributed by atoms with E-state index >= 15 is 0 Å². The van der Waals surface area contributed by atoms with Crippen LogP contribution in [0.3, 0.4) is 0 Å². The van der Waals surface area contributed by atoms with Crippen LogP contribution >= 0.6 is 0 Å². The van der Waals surface area contributed by atoms with Gasteiger partial charge in [-0.3, -0.25) is 0 Å². The molecule has 0 fully saturated rings. The van der Waals surface area contributed by atoms with E-state index < -0.39 is 5.41 Å². The maximum Gasteiger partial charge on any atom is 0.136 e. The summed E-state index contributed by atoms with van der Waals surface area (Å²) in [6.45, 7) is 0. The Bertz CT molecular complexity index is 3980. The Kier molecular flexibility index (Phi) is 7.07. The van der Waals surface area contributed by atoms with Gasteiger partial charge in [-0.1, -0.05) is 158 Å². The molecule has 2 aromatic heterocycles. The zero-order valence-electron chi connectivity index (χ0n) is 34.1. The van der Waals surface area contributed by atoms with Crippen LogP contribution in [0.5, 0.6) is 0 Å². The van der Waals surface area contributed by atoms with Gasteiger partial charge < -0.3 is 8.83 Å². The topological polar surface area (TPSA) is 26.3 Å². The summed E-state index contributed by atoms with van der Waals surface area (Å²) in [4.78, 5) is 0. The van der Waals surface area contributed by atoms with Crippen LogP contribution in [-0.2, 0) is 5.41 Å². The van der Waals surface area contributed by atoms with Crippen molar-refractivity contribution in [1.82, 2.24) is 0 Å². The summed E-state index contributed by atoms with van der Waals surface area (Å²) in [5.74, 6) is 0. The fraction of sp³-hybridized carbons (Fsp3) is 0.0164. The zero-order chi connectivity index (χ0) is 41.2. The Hall–Kier alpha value is -8.20. The highest BCUT2D eigenvalue weighted by Crippen LogP contribution is 2.59. The lowest BCUT2D eigenvalue weighted by molar-refractivity contribution is 0.669. The quantitative estimate of drug-likeness (QED) is 0.177. The first-order chi connectivity index (χ1) is 31.2. The lowest BCUT2D eigenvalue weighted by Gasteiger charge is -2.35. The fourth-order valence-electron chi connectivity index (χ4n) is 11.0. The van der Waals surface area contributed by atoms with Gasteiger partial charge in [0.15, 0.2) is 0 Å². The minimum absolute atomic E-state index is 0.602. The minimum atomic E-state index is -0.602. The standard InChI is InChI=1S/C61H36O2/c1-3-15-46(16-4-1)61(47-17-5-2-6-18-47)55-32-43(45-24-27-50-54-31-39-12-8-10-14-41(39)34-59(54)63-57(50)36-45)22-25-48(55)51-28-21-37-19-20-42(29-52(37)60(51)61)44-23-26-49-53-30-38-11-7-9-13-40(38)33-58(53)62-56(49)35-44/h1-36H. The first-order valence-corrected chi connectivity index (χ1v) is 21.7. The molecule has 2 heterocycles. The van der Waals surface area contributed by atoms with Gasteiger partial charge >= 0.3 is 0 Å². The normalized spacial score (nSPS) is 13.2. The molecule has 14 rings (SSSR count). The second-order valence-electron chi connectivity index (χ2n) is 17.2. The van der Waals surface area contributed by atoms with Gasteiger partial charge in [-0.05, 0) is 149 Å². The SMILES string of the molecule is c1ccc(C2(c3ccccc3)c3cc(-c4ccc5c(c4)oc4cc6ccccc6cc45)ccc3-c3ccc4ccc(-c5ccc6c(c5)oc5cc7ccccc7cc56)cc4c32)cc1. The Morgan fingerprint density at radius 1 is 0.270 bits per heavy atom. The van der Waals surface area contributed by atoms with Crippen LogP contribution in [0, 0.1) is 0 Å². The van der Waals surface area contributed by atoms with Crippen LogP contribution < -0.4 is 0 Å². The van der Waals surface area contributed by atoms with E-state index in [1.807, 2.05) is 0 Å². The van der Waals surface area contributed by atoms with E-state index in [0.717, 1.165) is 66.1 Å². The molecule has 63 heavy (non-hydrogen) atoms. The third kappa shape index (κ3) is 4.95. The van der Waals surface area contributed by atoms with Gasteiger partial charge in [0.05, 0.1) is 5.41 Å². The summed E-state index contributed by atoms with van der Waals surface area (Å²) in [6, 6.07) is 80.1. The second kappa shape index (κ2) is 12.9. The molecule has 0 amide bonds. The minimum Gasteiger partial charge on any atom is -0.456 e. The van der Waals surface area contributed by atoms with Crippen molar-refractivity contribution in [2.45, 2.75) is 5.41 Å². The first-order valence-electron chi connectivity index (χ1n) is 21.7. The predicted molar refractivity (Wildman–Crippen MR) is 262 cm³/mol. The molecule has 1 aliphatic rings. The molecule has 0 spiro atoms. The number of hydrogen-bond donors (Lipinski definition) is 0. The van der Waals surface area contributed by atoms with Crippen LogP contribution in [0.4, 0.5) is 0 Å². The summed E-state index contributed by atoms with van der Waals surface area (Å²) >= 11 is 0. The highest BCUT2D eigenvalue weighted by molar-refractivity contribution is 6.12. The predicted octanol–water partition coefficient (Wildman–Crippen LogP) is 16.6. The number of hydrogen-bond acceptors (Lipinski definition) is 2. The van der Waals surface area contributed by atoms with Crippen molar-refractivity contribution in [2.75, 3.05) is 0 Å². The molecule has 0 bridgehead atoms. The summed E-state index contributed by atoms with van der Waals surface area (Å²) in [6.07, 6.45) is 0. The van der Waals surface area contributed by atoms with Gasteiger partial charge in [-0.25, -0.2) is 0 Å². The molecule has 1 aliphatic carbocycles. The molecular weight excluding hydrogens is 765 g/mol. The van der Waals surface area contributed by atoms with Crippen molar-refractivity contribution in [3.63, 3.8) is 0 Å². The molecule has 0 radical (unpaired) electrons.